The number of aryl methyl sites for hydroxylation is 2. The molecule has 126 valence electrons. The van der Waals surface area contributed by atoms with Gasteiger partial charge in [-0.2, -0.15) is 0 Å². The van der Waals surface area contributed by atoms with Crippen molar-refractivity contribution in [2.24, 2.45) is 0 Å². The lowest BCUT2D eigenvalue weighted by atomic mass is 10.1. The maximum Gasteiger partial charge on any atom is 0.258 e. The number of ether oxygens (including phenoxy) is 3. The fourth-order valence-electron chi connectivity index (χ4n) is 2.65. The van der Waals surface area contributed by atoms with E-state index in [1.54, 1.807) is 0 Å². The van der Waals surface area contributed by atoms with E-state index in [9.17, 15) is 4.79 Å². The Bertz CT molecular complexity index is 757. The molecule has 1 heterocycles. The van der Waals surface area contributed by atoms with Crippen molar-refractivity contribution in [3.63, 3.8) is 0 Å². The van der Waals surface area contributed by atoms with Gasteiger partial charge in [0.25, 0.3) is 5.91 Å². The number of hydrogen-bond acceptors (Lipinski definition) is 4. The highest BCUT2D eigenvalue weighted by molar-refractivity contribution is 5.78. The van der Waals surface area contributed by atoms with Gasteiger partial charge in [0.15, 0.2) is 18.1 Å². The van der Waals surface area contributed by atoms with Crippen molar-refractivity contribution in [3.05, 3.63) is 53.1 Å². The van der Waals surface area contributed by atoms with Crippen molar-refractivity contribution in [2.45, 2.75) is 26.8 Å². The molecule has 1 aliphatic heterocycles. The number of carbonyl (C=O) groups excluding carboxylic acids is 1. The molecule has 0 spiro atoms. The molecule has 0 bridgehead atoms. The van der Waals surface area contributed by atoms with Gasteiger partial charge in [0.05, 0.1) is 6.04 Å². The highest BCUT2D eigenvalue weighted by Gasteiger charge is 2.17. The monoisotopic (exact) mass is 327 g/mol. The summed E-state index contributed by atoms with van der Waals surface area (Å²) in [6, 6.07) is 11.4. The minimum Gasteiger partial charge on any atom is -0.484 e. The summed E-state index contributed by atoms with van der Waals surface area (Å²) < 4.78 is 16.3. The first kappa shape index (κ1) is 16.2. The number of carbonyl (C=O) groups is 1. The average Bonchev–Trinajstić information content (AvgIpc) is 3.01. The summed E-state index contributed by atoms with van der Waals surface area (Å²) >= 11 is 0. The van der Waals surface area contributed by atoms with E-state index in [0.29, 0.717) is 5.75 Å². The topological polar surface area (TPSA) is 56.8 Å². The highest BCUT2D eigenvalue weighted by atomic mass is 16.7. The highest BCUT2D eigenvalue weighted by Crippen LogP contribution is 2.34. The second-order valence-corrected chi connectivity index (χ2v) is 5.96. The molecule has 0 unspecified atom stereocenters. The Balaban J connectivity index is 1.56. The van der Waals surface area contributed by atoms with Gasteiger partial charge in [-0.05, 0) is 50.1 Å². The molecule has 0 fully saturated rings. The molecule has 1 atom stereocenters. The first-order valence-electron chi connectivity index (χ1n) is 7.92. The average molecular weight is 327 g/mol. The van der Waals surface area contributed by atoms with Gasteiger partial charge in [0.2, 0.25) is 6.79 Å². The smallest absolute Gasteiger partial charge is 0.258 e. The molecule has 5 nitrogen and oxygen atoms in total. The molecular formula is C19H21NO4. The van der Waals surface area contributed by atoms with E-state index in [2.05, 4.69) is 5.32 Å². The molecule has 1 aliphatic rings. The largest absolute Gasteiger partial charge is 0.484 e. The van der Waals surface area contributed by atoms with Gasteiger partial charge >= 0.3 is 0 Å². The lowest BCUT2D eigenvalue weighted by molar-refractivity contribution is -0.123. The van der Waals surface area contributed by atoms with E-state index >= 15 is 0 Å². The van der Waals surface area contributed by atoms with Crippen LogP contribution in [0.2, 0.25) is 0 Å². The summed E-state index contributed by atoms with van der Waals surface area (Å²) in [6.45, 7) is 6.14. The zero-order valence-electron chi connectivity index (χ0n) is 14.1. The fourth-order valence-corrected chi connectivity index (χ4v) is 2.65. The number of benzene rings is 2. The second-order valence-electron chi connectivity index (χ2n) is 5.96. The Hall–Kier alpha value is -2.69. The zero-order chi connectivity index (χ0) is 17.1. The van der Waals surface area contributed by atoms with Crippen molar-refractivity contribution in [2.75, 3.05) is 13.4 Å². The van der Waals surface area contributed by atoms with Crippen LogP contribution in [0.4, 0.5) is 0 Å². The predicted octanol–water partition coefficient (Wildman–Crippen LogP) is 3.29. The van der Waals surface area contributed by atoms with Crippen molar-refractivity contribution in [1.82, 2.24) is 5.32 Å². The van der Waals surface area contributed by atoms with Crippen molar-refractivity contribution < 1.29 is 19.0 Å². The first-order chi connectivity index (χ1) is 11.5. The van der Waals surface area contributed by atoms with Crippen LogP contribution in [0.1, 0.15) is 29.7 Å². The quantitative estimate of drug-likeness (QED) is 0.915. The van der Waals surface area contributed by atoms with Crippen LogP contribution < -0.4 is 19.5 Å². The molecule has 24 heavy (non-hydrogen) atoms. The third-order valence-electron chi connectivity index (χ3n) is 3.96. The van der Waals surface area contributed by atoms with E-state index < -0.39 is 0 Å². The van der Waals surface area contributed by atoms with E-state index in [0.717, 1.165) is 22.6 Å². The van der Waals surface area contributed by atoms with Gasteiger partial charge in [-0.25, -0.2) is 0 Å². The third-order valence-corrected chi connectivity index (χ3v) is 3.96. The maximum atomic E-state index is 12.1. The summed E-state index contributed by atoms with van der Waals surface area (Å²) in [4.78, 5) is 12.1. The third kappa shape index (κ3) is 3.62. The fraction of sp³-hybridized carbons (Fsp3) is 0.316. The van der Waals surface area contributed by atoms with Crippen LogP contribution in [0.25, 0.3) is 0 Å². The van der Waals surface area contributed by atoms with Crippen LogP contribution in [0.15, 0.2) is 36.4 Å². The van der Waals surface area contributed by atoms with Crippen LogP contribution in [0.5, 0.6) is 17.2 Å². The Morgan fingerprint density at radius 1 is 1.17 bits per heavy atom. The number of rotatable bonds is 5. The Kier molecular flexibility index (Phi) is 4.60. The number of amides is 1. The summed E-state index contributed by atoms with van der Waals surface area (Å²) in [5.41, 5.74) is 3.14. The van der Waals surface area contributed by atoms with E-state index in [1.807, 2.05) is 57.2 Å². The number of hydrogen-bond donors (Lipinski definition) is 1. The molecule has 0 aromatic heterocycles. The molecule has 2 aromatic rings. The van der Waals surface area contributed by atoms with Gasteiger partial charge < -0.3 is 19.5 Å². The molecule has 0 radical (unpaired) electrons. The molecule has 0 saturated carbocycles. The van der Waals surface area contributed by atoms with Crippen LogP contribution in [-0.4, -0.2) is 19.3 Å². The van der Waals surface area contributed by atoms with Crippen LogP contribution in [0, 0.1) is 13.8 Å². The molecule has 1 amide bonds. The molecular weight excluding hydrogens is 306 g/mol. The standard InChI is InChI=1S/C19H21NO4/c1-12-4-6-16(13(2)8-12)22-10-19(21)20-14(3)15-5-7-17-18(9-15)24-11-23-17/h4-9,14H,10-11H2,1-3H3,(H,20,21)/t14-/m0/s1. The van der Waals surface area contributed by atoms with Crippen molar-refractivity contribution in [1.29, 1.82) is 0 Å². The van der Waals surface area contributed by atoms with Crippen LogP contribution in [0.3, 0.4) is 0 Å². The molecule has 1 N–H and O–H groups in total. The summed E-state index contributed by atoms with van der Waals surface area (Å²) in [6.07, 6.45) is 0. The van der Waals surface area contributed by atoms with Crippen molar-refractivity contribution in [3.8, 4) is 17.2 Å². The van der Waals surface area contributed by atoms with E-state index in [-0.39, 0.29) is 25.3 Å². The SMILES string of the molecule is Cc1ccc(OCC(=O)N[C@@H](C)c2ccc3c(c2)OCO3)c(C)c1. The lowest BCUT2D eigenvalue weighted by Gasteiger charge is -2.16. The zero-order valence-corrected chi connectivity index (χ0v) is 14.1. The molecule has 5 heteroatoms. The Morgan fingerprint density at radius 2 is 1.96 bits per heavy atom. The Morgan fingerprint density at radius 3 is 2.75 bits per heavy atom. The van der Waals surface area contributed by atoms with E-state index in [1.165, 1.54) is 5.56 Å². The van der Waals surface area contributed by atoms with Crippen LogP contribution in [-0.2, 0) is 4.79 Å². The van der Waals surface area contributed by atoms with Gasteiger partial charge in [0, 0.05) is 0 Å². The minimum absolute atomic E-state index is 0.0151. The van der Waals surface area contributed by atoms with Gasteiger partial charge in [-0.3, -0.25) is 4.79 Å². The second kappa shape index (κ2) is 6.83. The summed E-state index contributed by atoms with van der Waals surface area (Å²) in [5, 5.41) is 2.93. The summed E-state index contributed by atoms with van der Waals surface area (Å²) in [7, 11) is 0. The van der Waals surface area contributed by atoms with Gasteiger partial charge in [-0.15, -0.1) is 0 Å². The maximum absolute atomic E-state index is 12.1. The number of nitrogens with one attached hydrogen (secondary N) is 1. The van der Waals surface area contributed by atoms with Crippen LogP contribution >= 0.6 is 0 Å². The lowest BCUT2D eigenvalue weighted by Crippen LogP contribution is -2.31. The number of fused-ring (bicyclic) bond motifs is 1. The predicted molar refractivity (Wildman–Crippen MR) is 90.5 cm³/mol. The normalized spacial score (nSPS) is 13.5. The molecule has 0 aliphatic carbocycles. The Labute approximate surface area is 141 Å². The molecule has 3 rings (SSSR count). The molecule has 0 saturated heterocycles. The molecule has 2 aromatic carbocycles. The first-order valence-corrected chi connectivity index (χ1v) is 7.92. The van der Waals surface area contributed by atoms with Gasteiger partial charge in [0.1, 0.15) is 5.75 Å². The summed E-state index contributed by atoms with van der Waals surface area (Å²) in [5.74, 6) is 2.00. The van der Waals surface area contributed by atoms with E-state index in [4.69, 9.17) is 14.2 Å². The minimum atomic E-state index is -0.167. The van der Waals surface area contributed by atoms with Crippen molar-refractivity contribution >= 4 is 5.91 Å². The van der Waals surface area contributed by atoms with Gasteiger partial charge in [-0.1, -0.05) is 23.8 Å².